The summed E-state index contributed by atoms with van der Waals surface area (Å²) >= 11 is 0. The van der Waals surface area contributed by atoms with E-state index in [-0.39, 0.29) is 19.5 Å². The van der Waals surface area contributed by atoms with Gasteiger partial charge in [-0.05, 0) is 0 Å². The fourth-order valence-corrected chi connectivity index (χ4v) is 0. The Hall–Kier alpha value is 0.103. The van der Waals surface area contributed by atoms with Gasteiger partial charge in [0.1, 0.15) is 0 Å². The smallest absolute Gasteiger partial charge is 0.394 e. The van der Waals surface area contributed by atoms with Crippen molar-refractivity contribution in [1.82, 2.24) is 0 Å². The largest absolute Gasteiger partial charge is 2.00 e. The van der Waals surface area contributed by atoms with Crippen LogP contribution in [0.5, 0.6) is 0 Å². The van der Waals surface area contributed by atoms with Crippen molar-refractivity contribution in [2.75, 3.05) is 0 Å². The molecule has 22 valence electrons. The van der Waals surface area contributed by atoms with Gasteiger partial charge in [0.05, 0.1) is 0 Å². The molecule has 0 radical (unpaired) electrons. The van der Waals surface area contributed by atoms with Gasteiger partial charge in [0.2, 0.25) is 0 Å². The van der Waals surface area contributed by atoms with E-state index in [1.54, 1.807) is 0 Å². The van der Waals surface area contributed by atoms with Gasteiger partial charge in [-0.25, -0.2) is 0 Å². The zero-order valence-electron chi connectivity index (χ0n) is 3.02. The van der Waals surface area contributed by atoms with Gasteiger partial charge in [-0.15, -0.1) is 0 Å². The molecular formula is C4H4Zn. The predicted octanol–water partition coefficient (Wildman–Crippen LogP) is 0.962. The Bertz CT molecular complexity index is 24.6. The van der Waals surface area contributed by atoms with Gasteiger partial charge >= 0.3 is 19.5 Å². The second-order valence-corrected chi connectivity index (χ2v) is 0.385. The van der Waals surface area contributed by atoms with Gasteiger partial charge in [-0.3, -0.25) is 0 Å². The summed E-state index contributed by atoms with van der Waals surface area (Å²) in [6, 6.07) is 0. The summed E-state index contributed by atoms with van der Waals surface area (Å²) in [4.78, 5) is 0. The first kappa shape index (κ1) is 8.92. The Morgan fingerprint density at radius 3 is 1.20 bits per heavy atom. The van der Waals surface area contributed by atoms with Crippen LogP contribution in [-0.2, 0) is 19.5 Å². The van der Waals surface area contributed by atoms with Crippen LogP contribution in [-0.4, -0.2) is 0 Å². The summed E-state index contributed by atoms with van der Waals surface area (Å²) in [6.45, 7) is 9.44. The molecule has 0 fully saturated rings. The first-order valence-electron chi connectivity index (χ1n) is 1.00. The van der Waals surface area contributed by atoms with Crippen molar-refractivity contribution in [3.63, 3.8) is 0 Å². The summed E-state index contributed by atoms with van der Waals surface area (Å²) in [7, 11) is 0. The topological polar surface area (TPSA) is 0 Å². The average Bonchev–Trinajstić information content (AvgIpc) is 1.37. The Morgan fingerprint density at radius 2 is 1.20 bits per heavy atom. The average molecular weight is 117 g/mol. The van der Waals surface area contributed by atoms with Crippen molar-refractivity contribution in [2.24, 2.45) is 0 Å². The molecule has 0 N–H and O–H groups in total. The van der Waals surface area contributed by atoms with Crippen molar-refractivity contribution in [3.8, 4) is 0 Å². The standard InChI is InChI=1S/C4H4.Zn/c1-3-4-2;/h1-4H;/q-2;+2. The molecule has 0 bridgehead atoms. The number of hydrogen-bond acceptors (Lipinski definition) is 0. The third-order valence-electron chi connectivity index (χ3n) is 0.111. The van der Waals surface area contributed by atoms with Crippen LogP contribution in [0, 0.1) is 13.2 Å². The minimum absolute atomic E-state index is 0. The summed E-state index contributed by atoms with van der Waals surface area (Å²) in [5.41, 5.74) is 0. The van der Waals surface area contributed by atoms with Gasteiger partial charge in [0.25, 0.3) is 0 Å². The number of hydrogen-bond donors (Lipinski definition) is 0. The monoisotopic (exact) mass is 116 g/mol. The molecule has 0 nitrogen and oxygen atoms in total. The fraction of sp³-hybridized carbons (Fsp3) is 0. The molecule has 0 aromatic heterocycles. The molecule has 0 atom stereocenters. The maximum absolute atomic E-state index is 4.72. The molecule has 0 spiro atoms. The second-order valence-electron chi connectivity index (χ2n) is 0.385. The van der Waals surface area contributed by atoms with E-state index in [2.05, 4.69) is 0 Å². The molecular weight excluding hydrogens is 113 g/mol. The van der Waals surface area contributed by atoms with E-state index in [1.165, 1.54) is 12.2 Å². The van der Waals surface area contributed by atoms with Crippen LogP contribution in [0.25, 0.3) is 0 Å². The van der Waals surface area contributed by atoms with Crippen LogP contribution >= 0.6 is 0 Å². The van der Waals surface area contributed by atoms with Crippen LogP contribution in [0.2, 0.25) is 0 Å². The Kier molecular flexibility index (Phi) is 15.9. The third kappa shape index (κ3) is 14.9. The first-order valence-corrected chi connectivity index (χ1v) is 1.00. The number of rotatable bonds is 1. The summed E-state index contributed by atoms with van der Waals surface area (Å²) in [5.74, 6) is 0. The molecule has 0 aliphatic heterocycles. The number of allylic oxidation sites excluding steroid dienone is 2. The van der Waals surface area contributed by atoms with Crippen molar-refractivity contribution in [1.29, 1.82) is 0 Å². The minimum Gasteiger partial charge on any atom is -0.394 e. The van der Waals surface area contributed by atoms with Crippen LogP contribution in [0.4, 0.5) is 0 Å². The van der Waals surface area contributed by atoms with Gasteiger partial charge in [-0.2, -0.15) is 0 Å². The molecule has 5 heavy (non-hydrogen) atoms. The molecule has 0 rings (SSSR count). The molecule has 1 heteroatoms. The second kappa shape index (κ2) is 8.93. The fourth-order valence-electron chi connectivity index (χ4n) is 0. The molecule has 0 heterocycles. The SMILES string of the molecule is [CH-]=CC=[CH-].[Zn+2]. The first-order chi connectivity index (χ1) is 1.91. The summed E-state index contributed by atoms with van der Waals surface area (Å²) in [5, 5.41) is 0. The normalized spacial score (nSPS) is 4.00. The van der Waals surface area contributed by atoms with Gasteiger partial charge < -0.3 is 25.3 Å². The van der Waals surface area contributed by atoms with Gasteiger partial charge in [0, 0.05) is 0 Å². The van der Waals surface area contributed by atoms with Crippen molar-refractivity contribution in [2.45, 2.75) is 0 Å². The molecule has 0 aromatic rings. The van der Waals surface area contributed by atoms with Gasteiger partial charge in [-0.1, -0.05) is 0 Å². The Labute approximate surface area is 45.3 Å². The maximum Gasteiger partial charge on any atom is 2.00 e. The quantitative estimate of drug-likeness (QED) is 0.273. The zero-order chi connectivity index (χ0) is 3.41. The van der Waals surface area contributed by atoms with Crippen molar-refractivity contribution >= 4 is 0 Å². The Balaban J connectivity index is 0. The summed E-state index contributed by atoms with van der Waals surface area (Å²) < 4.78 is 0. The van der Waals surface area contributed by atoms with Crippen LogP contribution in [0.15, 0.2) is 12.2 Å². The van der Waals surface area contributed by atoms with E-state index >= 15 is 0 Å². The van der Waals surface area contributed by atoms with E-state index < -0.39 is 0 Å². The third-order valence-corrected chi connectivity index (χ3v) is 0.111. The van der Waals surface area contributed by atoms with E-state index in [0.29, 0.717) is 0 Å². The van der Waals surface area contributed by atoms with E-state index in [0.717, 1.165) is 0 Å². The van der Waals surface area contributed by atoms with Crippen molar-refractivity contribution < 1.29 is 19.5 Å². The molecule has 0 aliphatic rings. The zero-order valence-corrected chi connectivity index (χ0v) is 5.98. The van der Waals surface area contributed by atoms with Crippen LogP contribution < -0.4 is 0 Å². The molecule has 0 amide bonds. The Morgan fingerprint density at radius 1 is 1.00 bits per heavy atom. The molecule has 0 saturated carbocycles. The van der Waals surface area contributed by atoms with E-state index in [1.807, 2.05) is 0 Å². The van der Waals surface area contributed by atoms with Crippen LogP contribution in [0.3, 0.4) is 0 Å². The van der Waals surface area contributed by atoms with E-state index in [9.17, 15) is 0 Å². The van der Waals surface area contributed by atoms with Gasteiger partial charge in [0.15, 0.2) is 0 Å². The molecule has 0 aliphatic carbocycles. The molecule has 0 saturated heterocycles. The molecule has 0 aromatic carbocycles. The maximum atomic E-state index is 4.72. The van der Waals surface area contributed by atoms with Crippen LogP contribution in [0.1, 0.15) is 0 Å². The van der Waals surface area contributed by atoms with Crippen molar-refractivity contribution in [3.05, 3.63) is 25.3 Å². The van der Waals surface area contributed by atoms with E-state index in [4.69, 9.17) is 13.2 Å². The molecule has 0 unspecified atom stereocenters. The summed E-state index contributed by atoms with van der Waals surface area (Å²) in [6.07, 6.45) is 2.56. The predicted molar refractivity (Wildman–Crippen MR) is 17.7 cm³/mol. The minimum atomic E-state index is 0.